The molecule has 2 aromatic rings. The Kier molecular flexibility index (Phi) is 4.71. The maximum Gasteiger partial charge on any atom is 0.260 e. The number of nitrogens with zero attached hydrogens (tertiary/aromatic N) is 2. The highest BCUT2D eigenvalue weighted by Crippen LogP contribution is 2.11. The summed E-state index contributed by atoms with van der Waals surface area (Å²) in [6.07, 6.45) is 3.47. The van der Waals surface area contributed by atoms with Gasteiger partial charge in [0, 0.05) is 26.0 Å². The molecule has 20 heavy (non-hydrogen) atoms. The summed E-state index contributed by atoms with van der Waals surface area (Å²) in [5.41, 5.74) is 2.16. The molecule has 1 heterocycles. The summed E-state index contributed by atoms with van der Waals surface area (Å²) >= 11 is 0. The first-order valence-electron chi connectivity index (χ1n) is 6.47. The highest BCUT2D eigenvalue weighted by Gasteiger charge is 2.10. The van der Waals surface area contributed by atoms with Crippen LogP contribution < -0.4 is 4.74 Å². The van der Waals surface area contributed by atoms with Gasteiger partial charge < -0.3 is 9.64 Å². The molecule has 4 nitrogen and oxygen atoms in total. The van der Waals surface area contributed by atoms with Crippen LogP contribution >= 0.6 is 0 Å². The van der Waals surface area contributed by atoms with Crippen molar-refractivity contribution in [3.8, 4) is 5.75 Å². The van der Waals surface area contributed by atoms with Gasteiger partial charge in [0.1, 0.15) is 5.75 Å². The zero-order valence-corrected chi connectivity index (χ0v) is 11.7. The summed E-state index contributed by atoms with van der Waals surface area (Å²) < 4.78 is 5.47. The molecule has 0 aliphatic carbocycles. The van der Waals surface area contributed by atoms with E-state index < -0.39 is 0 Å². The van der Waals surface area contributed by atoms with E-state index in [2.05, 4.69) is 4.98 Å². The predicted octanol–water partition coefficient (Wildman–Crippen LogP) is 2.43. The molecule has 0 fully saturated rings. The molecule has 0 radical (unpaired) electrons. The minimum Gasteiger partial charge on any atom is -0.484 e. The molecule has 0 bridgehead atoms. The quantitative estimate of drug-likeness (QED) is 0.838. The summed E-state index contributed by atoms with van der Waals surface area (Å²) in [4.78, 5) is 17.6. The van der Waals surface area contributed by atoms with Crippen molar-refractivity contribution in [1.82, 2.24) is 9.88 Å². The van der Waals surface area contributed by atoms with Crippen molar-refractivity contribution in [2.45, 2.75) is 13.5 Å². The number of pyridine rings is 1. The first-order chi connectivity index (χ1) is 9.65. The molecule has 1 aromatic carbocycles. The third-order valence-corrected chi connectivity index (χ3v) is 2.95. The van der Waals surface area contributed by atoms with Crippen LogP contribution in [0.3, 0.4) is 0 Å². The van der Waals surface area contributed by atoms with Gasteiger partial charge in [-0.2, -0.15) is 0 Å². The molecule has 104 valence electrons. The second kappa shape index (κ2) is 6.70. The topological polar surface area (TPSA) is 42.4 Å². The van der Waals surface area contributed by atoms with Gasteiger partial charge >= 0.3 is 0 Å². The summed E-state index contributed by atoms with van der Waals surface area (Å²) in [5.74, 6) is 0.646. The third kappa shape index (κ3) is 4.09. The Morgan fingerprint density at radius 1 is 1.25 bits per heavy atom. The molecule has 0 N–H and O–H groups in total. The van der Waals surface area contributed by atoms with E-state index in [1.165, 1.54) is 0 Å². The molecule has 0 aliphatic rings. The Hall–Kier alpha value is -2.36. The molecular weight excluding hydrogens is 252 g/mol. The molecule has 0 aliphatic heterocycles. The van der Waals surface area contributed by atoms with E-state index in [-0.39, 0.29) is 12.5 Å². The van der Waals surface area contributed by atoms with Crippen molar-refractivity contribution in [2.75, 3.05) is 13.7 Å². The van der Waals surface area contributed by atoms with Crippen molar-refractivity contribution >= 4 is 5.91 Å². The molecule has 0 spiro atoms. The molecule has 0 saturated carbocycles. The second-order valence-electron chi connectivity index (χ2n) is 4.71. The van der Waals surface area contributed by atoms with Crippen molar-refractivity contribution < 1.29 is 9.53 Å². The molecule has 0 saturated heterocycles. The van der Waals surface area contributed by atoms with Crippen LogP contribution in [-0.2, 0) is 11.3 Å². The van der Waals surface area contributed by atoms with Crippen molar-refractivity contribution in [1.29, 1.82) is 0 Å². The summed E-state index contributed by atoms with van der Waals surface area (Å²) in [5, 5.41) is 0. The van der Waals surface area contributed by atoms with E-state index in [0.717, 1.165) is 11.1 Å². The smallest absolute Gasteiger partial charge is 0.260 e. The van der Waals surface area contributed by atoms with Crippen LogP contribution in [-0.4, -0.2) is 29.4 Å². The van der Waals surface area contributed by atoms with E-state index in [9.17, 15) is 4.79 Å². The number of hydrogen-bond donors (Lipinski definition) is 0. The minimum absolute atomic E-state index is 0.0415. The predicted molar refractivity (Wildman–Crippen MR) is 77.4 cm³/mol. The normalized spacial score (nSPS) is 10.1. The molecule has 2 rings (SSSR count). The van der Waals surface area contributed by atoms with Crippen LogP contribution in [0, 0.1) is 6.92 Å². The van der Waals surface area contributed by atoms with Crippen LogP contribution in [0.5, 0.6) is 5.75 Å². The Labute approximate surface area is 119 Å². The zero-order chi connectivity index (χ0) is 14.4. The number of carbonyl (C=O) groups is 1. The van der Waals surface area contributed by atoms with E-state index in [1.54, 1.807) is 24.3 Å². The SMILES string of the molecule is Cc1ccc(OCC(=O)N(C)Cc2cccnc2)cc1. The average molecular weight is 270 g/mol. The number of ether oxygens (including phenoxy) is 1. The fraction of sp³-hybridized carbons (Fsp3) is 0.250. The summed E-state index contributed by atoms with van der Waals surface area (Å²) in [7, 11) is 1.76. The largest absolute Gasteiger partial charge is 0.484 e. The fourth-order valence-electron chi connectivity index (χ4n) is 1.74. The van der Waals surface area contributed by atoms with Gasteiger partial charge in [0.15, 0.2) is 6.61 Å². The van der Waals surface area contributed by atoms with Crippen molar-refractivity contribution in [3.05, 3.63) is 59.9 Å². The summed E-state index contributed by atoms with van der Waals surface area (Å²) in [6.45, 7) is 2.58. The Bertz CT molecular complexity index is 552. The van der Waals surface area contributed by atoms with Crippen LogP contribution in [0.2, 0.25) is 0 Å². The number of aryl methyl sites for hydroxylation is 1. The lowest BCUT2D eigenvalue weighted by molar-refractivity contribution is -0.132. The number of likely N-dealkylation sites (N-methyl/N-ethyl adjacent to an activating group) is 1. The van der Waals surface area contributed by atoms with E-state index in [4.69, 9.17) is 4.74 Å². The van der Waals surface area contributed by atoms with Gasteiger partial charge in [-0.15, -0.1) is 0 Å². The van der Waals surface area contributed by atoms with Crippen LogP contribution in [0.1, 0.15) is 11.1 Å². The van der Waals surface area contributed by atoms with Crippen molar-refractivity contribution in [2.24, 2.45) is 0 Å². The maximum absolute atomic E-state index is 12.0. The Morgan fingerprint density at radius 2 is 2.00 bits per heavy atom. The lowest BCUT2D eigenvalue weighted by Gasteiger charge is -2.17. The van der Waals surface area contributed by atoms with Crippen LogP contribution in [0.4, 0.5) is 0 Å². The molecule has 4 heteroatoms. The maximum atomic E-state index is 12.0. The van der Waals surface area contributed by atoms with Gasteiger partial charge in [-0.3, -0.25) is 9.78 Å². The number of amides is 1. The van der Waals surface area contributed by atoms with Crippen LogP contribution in [0.25, 0.3) is 0 Å². The highest BCUT2D eigenvalue weighted by molar-refractivity contribution is 5.77. The molecule has 0 atom stereocenters. The number of benzene rings is 1. The number of hydrogen-bond acceptors (Lipinski definition) is 3. The first kappa shape index (κ1) is 14.1. The molecule has 1 aromatic heterocycles. The Morgan fingerprint density at radius 3 is 2.65 bits per heavy atom. The van der Waals surface area contributed by atoms with Crippen molar-refractivity contribution in [3.63, 3.8) is 0 Å². The van der Waals surface area contributed by atoms with Gasteiger partial charge in [-0.1, -0.05) is 23.8 Å². The molecule has 0 unspecified atom stereocenters. The average Bonchev–Trinajstić information content (AvgIpc) is 2.47. The Balaban J connectivity index is 1.83. The van der Waals surface area contributed by atoms with Gasteiger partial charge in [0.05, 0.1) is 0 Å². The number of carbonyl (C=O) groups excluding carboxylic acids is 1. The van der Waals surface area contributed by atoms with Gasteiger partial charge in [-0.25, -0.2) is 0 Å². The number of rotatable bonds is 5. The second-order valence-corrected chi connectivity index (χ2v) is 4.71. The zero-order valence-electron chi connectivity index (χ0n) is 11.7. The monoisotopic (exact) mass is 270 g/mol. The summed E-state index contributed by atoms with van der Waals surface area (Å²) in [6, 6.07) is 11.4. The highest BCUT2D eigenvalue weighted by atomic mass is 16.5. The molecule has 1 amide bonds. The minimum atomic E-state index is -0.0607. The van der Waals surface area contributed by atoms with Crippen LogP contribution in [0.15, 0.2) is 48.8 Å². The lowest BCUT2D eigenvalue weighted by atomic mass is 10.2. The van der Waals surface area contributed by atoms with Gasteiger partial charge in [-0.05, 0) is 30.7 Å². The van der Waals surface area contributed by atoms with E-state index >= 15 is 0 Å². The lowest BCUT2D eigenvalue weighted by Crippen LogP contribution is -2.30. The number of aromatic nitrogens is 1. The first-order valence-corrected chi connectivity index (χ1v) is 6.47. The van der Waals surface area contributed by atoms with E-state index in [0.29, 0.717) is 12.3 Å². The van der Waals surface area contributed by atoms with Gasteiger partial charge in [0.2, 0.25) is 0 Å². The third-order valence-electron chi connectivity index (χ3n) is 2.95. The standard InChI is InChI=1S/C16H18N2O2/c1-13-5-7-15(8-6-13)20-12-16(19)18(2)11-14-4-3-9-17-10-14/h3-10H,11-12H2,1-2H3. The van der Waals surface area contributed by atoms with E-state index in [1.807, 2.05) is 43.3 Å². The molecular formula is C16H18N2O2. The van der Waals surface area contributed by atoms with Gasteiger partial charge in [0.25, 0.3) is 5.91 Å². The fourth-order valence-corrected chi connectivity index (χ4v) is 1.74.